The summed E-state index contributed by atoms with van der Waals surface area (Å²) in [6, 6.07) is 85.7. The molecule has 0 N–H and O–H groups in total. The zero-order valence-electron chi connectivity index (χ0n) is 46.9. The van der Waals surface area contributed by atoms with Crippen LogP contribution in [0.3, 0.4) is 0 Å². The first-order valence-electron chi connectivity index (χ1n) is 28.6. The highest BCUT2D eigenvalue weighted by atomic mass is 15.2. The molecule has 0 aliphatic heterocycles. The van der Waals surface area contributed by atoms with Gasteiger partial charge in [0.2, 0.25) is 0 Å². The molecule has 1 heteroatoms. The predicted molar refractivity (Wildman–Crippen MR) is 335 cm³/mol. The van der Waals surface area contributed by atoms with Crippen molar-refractivity contribution in [3.63, 3.8) is 0 Å². The first kappa shape index (κ1) is 48.8. The molecule has 0 fully saturated rings. The van der Waals surface area contributed by atoms with Gasteiger partial charge < -0.3 is 4.90 Å². The monoisotopic (exact) mass is 1020 g/mol. The largest absolute Gasteiger partial charge is 0.309 e. The Balaban J connectivity index is 1.11. The maximum atomic E-state index is 2.69. The molecular formula is C78H67N. The molecule has 0 saturated carbocycles. The SMILES string of the molecule is CC(C)(C)c1ccc2c(c1)C1(C3=C(CCC=C3)c3cccc(N(c4ccccc4-c4ccccc4-c4ccccc4-c4ccccc4)c4ccccc4-c4cccc5c4-c4ccccc4C5(C)C)c31)c1cc(C(C)(C)C)ccc1-2. The molecule has 0 unspecified atom stereocenters. The minimum Gasteiger partial charge on any atom is -0.309 e. The molecule has 0 saturated heterocycles. The second-order valence-corrected chi connectivity index (χ2v) is 25.0. The van der Waals surface area contributed by atoms with Crippen LogP contribution in [0.4, 0.5) is 17.1 Å². The van der Waals surface area contributed by atoms with Gasteiger partial charge in [-0.1, -0.05) is 274 Å². The first-order valence-corrected chi connectivity index (χ1v) is 28.6. The third-order valence-electron chi connectivity index (χ3n) is 18.1. The van der Waals surface area contributed by atoms with E-state index in [1.54, 1.807) is 0 Å². The second kappa shape index (κ2) is 18.0. The Labute approximate surface area is 468 Å². The fourth-order valence-corrected chi connectivity index (χ4v) is 14.3. The van der Waals surface area contributed by atoms with Gasteiger partial charge in [0.15, 0.2) is 0 Å². The number of nitrogens with zero attached hydrogens (tertiary/aromatic N) is 1. The third-order valence-corrected chi connectivity index (χ3v) is 18.1. The highest BCUT2D eigenvalue weighted by Gasteiger charge is 2.55. The molecule has 1 nitrogen and oxygen atoms in total. The molecule has 4 aliphatic carbocycles. The van der Waals surface area contributed by atoms with E-state index in [1.807, 2.05) is 0 Å². The average molecular weight is 1020 g/mol. The number of allylic oxidation sites excluding steroid dienone is 4. The highest BCUT2D eigenvalue weighted by Crippen LogP contribution is 2.67. The summed E-state index contributed by atoms with van der Waals surface area (Å²) in [5.41, 5.74) is 31.3. The number of anilines is 3. The summed E-state index contributed by atoms with van der Waals surface area (Å²) in [6.45, 7) is 19.0. The van der Waals surface area contributed by atoms with Crippen LogP contribution in [0.15, 0.2) is 242 Å². The van der Waals surface area contributed by atoms with Crippen LogP contribution in [0.5, 0.6) is 0 Å². The smallest absolute Gasteiger partial charge is 0.0742 e. The van der Waals surface area contributed by atoms with Crippen molar-refractivity contribution in [3.8, 4) is 66.8 Å². The van der Waals surface area contributed by atoms with Crippen molar-refractivity contribution < 1.29 is 0 Å². The van der Waals surface area contributed by atoms with Crippen molar-refractivity contribution in [2.45, 2.75) is 89.9 Å². The Kier molecular flexibility index (Phi) is 11.1. The Morgan fingerprint density at radius 1 is 0.367 bits per heavy atom. The Bertz CT molecular complexity index is 4120. The fourth-order valence-electron chi connectivity index (χ4n) is 14.3. The van der Waals surface area contributed by atoms with Crippen molar-refractivity contribution in [2.75, 3.05) is 4.90 Å². The summed E-state index contributed by atoms with van der Waals surface area (Å²) in [7, 11) is 0. The van der Waals surface area contributed by atoms with Gasteiger partial charge in [0.05, 0.1) is 22.5 Å². The molecule has 0 radical (unpaired) electrons. The lowest BCUT2D eigenvalue weighted by atomic mass is 9.67. The molecule has 0 aromatic heterocycles. The van der Waals surface area contributed by atoms with Crippen LogP contribution in [0, 0.1) is 0 Å². The Hall–Kier alpha value is -8.52. The number of benzene rings is 10. The lowest BCUT2D eigenvalue weighted by Gasteiger charge is -2.38. The van der Waals surface area contributed by atoms with Crippen LogP contribution in [0.1, 0.15) is 113 Å². The summed E-state index contributed by atoms with van der Waals surface area (Å²) >= 11 is 0. The van der Waals surface area contributed by atoms with Crippen molar-refractivity contribution in [3.05, 3.63) is 287 Å². The van der Waals surface area contributed by atoms with Crippen LogP contribution in [0.25, 0.3) is 72.3 Å². The van der Waals surface area contributed by atoms with Gasteiger partial charge in [-0.05, 0) is 148 Å². The fraction of sp³-hybridized carbons (Fsp3) is 0.179. The van der Waals surface area contributed by atoms with Gasteiger partial charge >= 0.3 is 0 Å². The molecule has 4 aliphatic rings. The zero-order chi connectivity index (χ0) is 54.0. The maximum Gasteiger partial charge on any atom is 0.0742 e. The molecular weight excluding hydrogens is 951 g/mol. The molecule has 0 heterocycles. The quantitative estimate of drug-likeness (QED) is 0.154. The standard InChI is InChI=1S/C78H67N/c1-75(2,3)51-44-46-58-59-47-45-52(76(4,5)6)49-69(59)78(68(58)48-51)66-39-21-16-32-57(66)63-37-25-43-72(74(63)78)79(71-42-23-19-34-61(71)62-36-24-40-67-73(62)64-35-17-20-38-65(64)77(67,7)8)70-41-22-18-33-60(70)56-31-15-14-30-55(56)54-29-13-12-28-53(54)50-26-10-9-11-27-50/h9-15,17-31,33-49H,16,32H2,1-8H3. The summed E-state index contributed by atoms with van der Waals surface area (Å²) in [5.74, 6) is 0. The Morgan fingerprint density at radius 3 is 1.44 bits per heavy atom. The van der Waals surface area contributed by atoms with Gasteiger partial charge in [0.25, 0.3) is 0 Å². The van der Waals surface area contributed by atoms with Crippen molar-refractivity contribution >= 4 is 22.6 Å². The minimum atomic E-state index is -0.614. The molecule has 0 atom stereocenters. The Morgan fingerprint density at radius 2 is 0.823 bits per heavy atom. The molecule has 14 rings (SSSR count). The lowest BCUT2D eigenvalue weighted by molar-refractivity contribution is 0.586. The number of fused-ring (bicyclic) bond motifs is 12. The zero-order valence-corrected chi connectivity index (χ0v) is 46.9. The van der Waals surface area contributed by atoms with Gasteiger partial charge in [-0.15, -0.1) is 0 Å². The van der Waals surface area contributed by atoms with Crippen molar-refractivity contribution in [1.29, 1.82) is 0 Å². The van der Waals surface area contributed by atoms with E-state index in [9.17, 15) is 0 Å². The van der Waals surface area contributed by atoms with Crippen LogP contribution < -0.4 is 4.90 Å². The van der Waals surface area contributed by atoms with Gasteiger partial charge in [0, 0.05) is 22.1 Å². The van der Waals surface area contributed by atoms with Gasteiger partial charge in [-0.3, -0.25) is 0 Å². The molecule has 0 amide bonds. The van der Waals surface area contributed by atoms with Crippen LogP contribution in [-0.4, -0.2) is 0 Å². The molecule has 0 bridgehead atoms. The molecule has 1 spiro atoms. The number of rotatable bonds is 7. The van der Waals surface area contributed by atoms with E-state index in [0.717, 1.165) is 24.2 Å². The predicted octanol–water partition coefficient (Wildman–Crippen LogP) is 21.2. The third kappa shape index (κ3) is 7.35. The van der Waals surface area contributed by atoms with Crippen molar-refractivity contribution in [1.82, 2.24) is 0 Å². The lowest BCUT2D eigenvalue weighted by Crippen LogP contribution is -2.30. The van der Waals surface area contributed by atoms with Gasteiger partial charge in [-0.25, -0.2) is 0 Å². The average Bonchev–Trinajstić information content (AvgIpc) is 3.55. The highest BCUT2D eigenvalue weighted by molar-refractivity contribution is 6.05. The van der Waals surface area contributed by atoms with E-state index in [1.165, 1.54) is 128 Å². The molecule has 10 aromatic rings. The van der Waals surface area contributed by atoms with E-state index in [-0.39, 0.29) is 16.2 Å². The number of hydrogen-bond acceptors (Lipinski definition) is 1. The van der Waals surface area contributed by atoms with E-state index < -0.39 is 5.41 Å². The van der Waals surface area contributed by atoms with Gasteiger partial charge in [0.1, 0.15) is 0 Å². The summed E-state index contributed by atoms with van der Waals surface area (Å²) < 4.78 is 0. The van der Waals surface area contributed by atoms with Crippen LogP contribution >= 0.6 is 0 Å². The second-order valence-electron chi connectivity index (χ2n) is 25.0. The first-order chi connectivity index (χ1) is 38.3. The van der Waals surface area contributed by atoms with Crippen LogP contribution in [0.2, 0.25) is 0 Å². The van der Waals surface area contributed by atoms with E-state index in [0.29, 0.717) is 0 Å². The van der Waals surface area contributed by atoms with E-state index in [2.05, 4.69) is 297 Å². The van der Waals surface area contributed by atoms with E-state index in [4.69, 9.17) is 0 Å². The molecule has 79 heavy (non-hydrogen) atoms. The number of para-hydroxylation sites is 2. The number of hydrogen-bond donors (Lipinski definition) is 0. The topological polar surface area (TPSA) is 3.24 Å². The minimum absolute atomic E-state index is 0.0678. The summed E-state index contributed by atoms with van der Waals surface area (Å²) in [4.78, 5) is 2.69. The van der Waals surface area contributed by atoms with Crippen LogP contribution in [-0.2, 0) is 21.7 Å². The van der Waals surface area contributed by atoms with Crippen molar-refractivity contribution in [2.24, 2.45) is 0 Å². The maximum absolute atomic E-state index is 2.69. The summed E-state index contributed by atoms with van der Waals surface area (Å²) in [6.07, 6.45) is 6.97. The van der Waals surface area contributed by atoms with Gasteiger partial charge in [-0.2, -0.15) is 0 Å². The molecule has 10 aromatic carbocycles. The summed E-state index contributed by atoms with van der Waals surface area (Å²) in [5, 5.41) is 0. The molecule has 384 valence electrons. The van der Waals surface area contributed by atoms with E-state index >= 15 is 0 Å². The normalized spacial score (nSPS) is 15.1.